The number of nitrogens with zero attached hydrogens (tertiary/aromatic N) is 2. The molecule has 0 N–H and O–H groups in total. The zero-order valence-electron chi connectivity index (χ0n) is 21.0. The van der Waals surface area contributed by atoms with Crippen LogP contribution in [0, 0.1) is 11.3 Å². The number of nitriles is 1. The van der Waals surface area contributed by atoms with Crippen LogP contribution in [0.2, 0.25) is 0 Å². The smallest absolute Gasteiger partial charge is 0.212 e. The number of Topliss-reactive ketones (excluding diaryl/α,β-unsaturated/α-hetero) is 1. The minimum Gasteiger partial charge on any atom is -0.497 e. The molecule has 0 unspecified atom stereocenters. The first-order valence-electron chi connectivity index (χ1n) is 11.7. The van der Waals surface area contributed by atoms with E-state index in [1.807, 2.05) is 89.8 Å². The molecule has 2 aliphatic rings. The predicted octanol–water partition coefficient (Wildman–Crippen LogP) is 6.42. The molecular weight excluding hydrogens is 500 g/mol. The summed E-state index contributed by atoms with van der Waals surface area (Å²) in [6.07, 6.45) is 3.49. The Kier molecular flexibility index (Phi) is 6.78. The molecule has 0 aliphatic carbocycles. The van der Waals surface area contributed by atoms with Crippen molar-refractivity contribution < 1.29 is 19.0 Å². The van der Waals surface area contributed by atoms with Crippen molar-refractivity contribution in [3.63, 3.8) is 0 Å². The van der Waals surface area contributed by atoms with Gasteiger partial charge in [0.1, 0.15) is 28.4 Å². The summed E-state index contributed by atoms with van der Waals surface area (Å²) in [5.74, 6) is 1.91. The first-order chi connectivity index (χ1) is 18.5. The highest BCUT2D eigenvalue weighted by Crippen LogP contribution is 2.48. The summed E-state index contributed by atoms with van der Waals surface area (Å²) in [5.41, 5.74) is 5.20. The number of carbonyl (C=O) groups is 1. The third kappa shape index (κ3) is 4.34. The second-order valence-electron chi connectivity index (χ2n) is 8.51. The van der Waals surface area contributed by atoms with Crippen LogP contribution in [0.4, 0.5) is 0 Å². The Balaban J connectivity index is 1.79. The molecule has 2 heterocycles. The molecule has 0 fully saturated rings. The summed E-state index contributed by atoms with van der Waals surface area (Å²) in [4.78, 5) is 16.0. The second-order valence-corrected chi connectivity index (χ2v) is 8.89. The Morgan fingerprint density at radius 1 is 0.711 bits per heavy atom. The lowest BCUT2D eigenvalue weighted by Gasteiger charge is -2.30. The number of halogens is 1. The molecule has 5 rings (SSSR count). The highest BCUT2D eigenvalue weighted by molar-refractivity contribution is 6.39. The molecule has 0 aromatic heterocycles. The van der Waals surface area contributed by atoms with E-state index in [9.17, 15) is 10.1 Å². The van der Waals surface area contributed by atoms with E-state index < -0.39 is 0 Å². The Hall–Kier alpha value is -4.73. The van der Waals surface area contributed by atoms with Gasteiger partial charge in [-0.15, -0.1) is 0 Å². The molecule has 0 bridgehead atoms. The number of benzene rings is 3. The number of rotatable bonds is 6. The Morgan fingerprint density at radius 2 is 1.16 bits per heavy atom. The van der Waals surface area contributed by atoms with Gasteiger partial charge in [0, 0.05) is 5.57 Å². The van der Waals surface area contributed by atoms with Crippen molar-refractivity contribution in [3.8, 4) is 23.3 Å². The molecular formula is C31H23ClN2O4. The van der Waals surface area contributed by atoms with Crippen LogP contribution >= 0.6 is 11.6 Å². The zero-order chi connectivity index (χ0) is 26.8. The van der Waals surface area contributed by atoms with Crippen molar-refractivity contribution in [2.75, 3.05) is 21.3 Å². The number of fused-ring (bicyclic) bond motifs is 1. The first kappa shape index (κ1) is 24.9. The summed E-state index contributed by atoms with van der Waals surface area (Å²) >= 11 is 6.29. The maximum Gasteiger partial charge on any atom is 0.212 e. The molecule has 3 aromatic rings. The van der Waals surface area contributed by atoms with E-state index in [1.165, 1.54) is 0 Å². The molecule has 0 radical (unpaired) electrons. The van der Waals surface area contributed by atoms with E-state index in [2.05, 4.69) is 0 Å². The van der Waals surface area contributed by atoms with Crippen molar-refractivity contribution in [1.29, 1.82) is 5.26 Å². The van der Waals surface area contributed by atoms with Gasteiger partial charge in [0.15, 0.2) is 0 Å². The Bertz CT molecular complexity index is 1570. The topological polar surface area (TPSA) is 71.8 Å². The lowest BCUT2D eigenvalue weighted by molar-refractivity contribution is -0.110. The molecule has 0 saturated carbocycles. The maximum atomic E-state index is 14.1. The van der Waals surface area contributed by atoms with Crippen LogP contribution in [0.1, 0.15) is 16.7 Å². The van der Waals surface area contributed by atoms with Crippen molar-refractivity contribution in [2.24, 2.45) is 0 Å². The van der Waals surface area contributed by atoms with Gasteiger partial charge in [-0.25, -0.2) is 0 Å². The number of hydrogen-bond donors (Lipinski definition) is 0. The molecule has 0 spiro atoms. The van der Waals surface area contributed by atoms with Crippen LogP contribution in [0.5, 0.6) is 17.2 Å². The van der Waals surface area contributed by atoms with Gasteiger partial charge in [-0.2, -0.15) is 5.26 Å². The van der Waals surface area contributed by atoms with Crippen LogP contribution in [-0.2, 0) is 4.79 Å². The largest absolute Gasteiger partial charge is 0.497 e. The average molecular weight is 523 g/mol. The van der Waals surface area contributed by atoms with Crippen LogP contribution in [-0.4, -0.2) is 32.0 Å². The van der Waals surface area contributed by atoms with Gasteiger partial charge in [0.05, 0.1) is 44.0 Å². The van der Waals surface area contributed by atoms with E-state index in [1.54, 1.807) is 27.4 Å². The van der Waals surface area contributed by atoms with Gasteiger partial charge in [-0.05, 0) is 89.5 Å². The van der Waals surface area contributed by atoms with E-state index in [0.717, 1.165) is 16.7 Å². The molecule has 2 aliphatic heterocycles. The molecule has 188 valence electrons. The molecule has 6 nitrogen and oxygen atoms in total. The fraction of sp³-hybridized carbons (Fsp3) is 0.0968. The number of hydrogen-bond acceptors (Lipinski definition) is 6. The molecule has 7 heteroatoms. The summed E-state index contributed by atoms with van der Waals surface area (Å²) < 4.78 is 16.0. The van der Waals surface area contributed by atoms with Gasteiger partial charge in [-0.3, -0.25) is 4.79 Å². The second kappa shape index (κ2) is 10.3. The Morgan fingerprint density at radius 3 is 1.63 bits per heavy atom. The lowest BCUT2D eigenvalue weighted by Crippen LogP contribution is -2.21. The highest BCUT2D eigenvalue weighted by Gasteiger charge is 2.40. The van der Waals surface area contributed by atoms with Gasteiger partial charge < -0.3 is 19.1 Å². The predicted molar refractivity (Wildman–Crippen MR) is 147 cm³/mol. The molecule has 0 amide bonds. The number of ketones is 1. The van der Waals surface area contributed by atoms with Crippen LogP contribution < -0.4 is 14.2 Å². The molecule has 0 atom stereocenters. The maximum absolute atomic E-state index is 14.1. The number of methoxy groups -OCH3 is 3. The van der Waals surface area contributed by atoms with Crippen molar-refractivity contribution in [1.82, 2.24) is 4.90 Å². The first-order valence-corrected chi connectivity index (χ1v) is 12.1. The van der Waals surface area contributed by atoms with Gasteiger partial charge >= 0.3 is 0 Å². The fourth-order valence-electron chi connectivity index (χ4n) is 4.56. The van der Waals surface area contributed by atoms with E-state index in [-0.39, 0.29) is 10.8 Å². The summed E-state index contributed by atoms with van der Waals surface area (Å²) in [6, 6.07) is 24.5. The number of allylic oxidation sites excluding steroid dienone is 5. The summed E-state index contributed by atoms with van der Waals surface area (Å²) in [5, 5.41) is 9.53. The van der Waals surface area contributed by atoms with Crippen molar-refractivity contribution in [2.45, 2.75) is 0 Å². The molecule has 3 aromatic carbocycles. The fourth-order valence-corrected chi connectivity index (χ4v) is 4.67. The van der Waals surface area contributed by atoms with E-state index in [4.69, 9.17) is 25.8 Å². The minimum absolute atomic E-state index is 0.000133. The quantitative estimate of drug-likeness (QED) is 0.348. The van der Waals surface area contributed by atoms with Crippen molar-refractivity contribution >= 4 is 34.4 Å². The average Bonchev–Trinajstić information content (AvgIpc) is 3.28. The highest BCUT2D eigenvalue weighted by atomic mass is 35.5. The van der Waals surface area contributed by atoms with Crippen LogP contribution in [0.25, 0.3) is 17.0 Å². The lowest BCUT2D eigenvalue weighted by atomic mass is 9.98. The Labute approximate surface area is 225 Å². The SMILES string of the molecule is COc1ccc(C2=CC(=C(Cl)C#N)C=C3C(=O)C(c4ccc(OC)cc4)=C(c4ccc(OC)cc4)N32)cc1. The van der Waals surface area contributed by atoms with Gasteiger partial charge in [0.25, 0.3) is 0 Å². The molecule has 0 saturated heterocycles. The summed E-state index contributed by atoms with van der Waals surface area (Å²) in [6.45, 7) is 0. The molecule has 38 heavy (non-hydrogen) atoms. The third-order valence-electron chi connectivity index (χ3n) is 6.47. The summed E-state index contributed by atoms with van der Waals surface area (Å²) in [7, 11) is 4.81. The van der Waals surface area contributed by atoms with Crippen LogP contribution in [0.3, 0.4) is 0 Å². The van der Waals surface area contributed by atoms with Crippen molar-refractivity contribution in [3.05, 3.63) is 118 Å². The third-order valence-corrected chi connectivity index (χ3v) is 6.77. The van der Waals surface area contributed by atoms with Crippen LogP contribution in [0.15, 0.2) is 101 Å². The normalized spacial score (nSPS) is 15.9. The standard InChI is InChI=1S/C31H23ClN2O4/c1-36-23-10-4-19(5-11-23)27-16-22(26(32)18-33)17-28-31(35)29(20-6-12-24(37-2)13-7-20)30(34(27)28)21-8-14-25(38-3)15-9-21/h4-17H,1-3H3. The zero-order valence-corrected chi connectivity index (χ0v) is 21.7. The number of carbonyl (C=O) groups excluding carboxylic acids is 1. The van der Waals surface area contributed by atoms with Gasteiger partial charge in [0.2, 0.25) is 5.78 Å². The minimum atomic E-state index is -0.181. The number of ether oxygens (including phenoxy) is 3. The van der Waals surface area contributed by atoms with E-state index in [0.29, 0.717) is 45.5 Å². The van der Waals surface area contributed by atoms with Gasteiger partial charge in [-0.1, -0.05) is 23.7 Å². The van der Waals surface area contributed by atoms with E-state index >= 15 is 0 Å². The monoisotopic (exact) mass is 522 g/mol.